The number of nitrogens with zero attached hydrogens (tertiary/aromatic N) is 1. The predicted molar refractivity (Wildman–Crippen MR) is 59.4 cm³/mol. The summed E-state index contributed by atoms with van der Waals surface area (Å²) >= 11 is 0. The minimum Gasteiger partial charge on any atom is -0.378 e. The highest BCUT2D eigenvalue weighted by molar-refractivity contribution is 5.77. The summed E-state index contributed by atoms with van der Waals surface area (Å²) in [6.45, 7) is 8.89. The van der Waals surface area contributed by atoms with Gasteiger partial charge in [-0.2, -0.15) is 0 Å². The molecule has 88 valence electrons. The largest absolute Gasteiger partial charge is 0.378 e. The van der Waals surface area contributed by atoms with E-state index in [9.17, 15) is 4.79 Å². The first-order valence-corrected chi connectivity index (χ1v) is 5.52. The van der Waals surface area contributed by atoms with Crippen LogP contribution in [0.2, 0.25) is 0 Å². The molecule has 1 heterocycles. The predicted octanol–water partition coefficient (Wildman–Crippen LogP) is 0.609. The van der Waals surface area contributed by atoms with E-state index in [0.717, 1.165) is 0 Å². The third kappa shape index (κ3) is 3.80. The lowest BCUT2D eigenvalue weighted by molar-refractivity contribution is -0.136. The van der Waals surface area contributed by atoms with Gasteiger partial charge in [0.05, 0.1) is 13.2 Å². The number of hydrogen-bond donors (Lipinski definition) is 1. The van der Waals surface area contributed by atoms with Gasteiger partial charge in [-0.15, -0.1) is 0 Å². The fourth-order valence-electron chi connectivity index (χ4n) is 1.44. The highest BCUT2D eigenvalue weighted by Crippen LogP contribution is 2.20. The fraction of sp³-hybridized carbons (Fsp3) is 0.909. The number of ether oxygens (including phenoxy) is 1. The van der Waals surface area contributed by atoms with Gasteiger partial charge in [0.25, 0.3) is 0 Å². The van der Waals surface area contributed by atoms with Gasteiger partial charge in [-0.25, -0.2) is 0 Å². The molecule has 0 aromatic carbocycles. The van der Waals surface area contributed by atoms with E-state index >= 15 is 0 Å². The molecular weight excluding hydrogens is 192 g/mol. The Balaban J connectivity index is 2.40. The molecule has 0 spiro atoms. The van der Waals surface area contributed by atoms with E-state index in [1.807, 2.05) is 4.90 Å². The Morgan fingerprint density at radius 3 is 2.40 bits per heavy atom. The second-order valence-electron chi connectivity index (χ2n) is 5.17. The number of morpholine rings is 1. The second-order valence-corrected chi connectivity index (χ2v) is 5.17. The van der Waals surface area contributed by atoms with Crippen LogP contribution in [0, 0.1) is 5.41 Å². The molecule has 1 aliphatic rings. The van der Waals surface area contributed by atoms with Crippen molar-refractivity contribution in [2.75, 3.05) is 26.3 Å². The van der Waals surface area contributed by atoms with Gasteiger partial charge in [0.15, 0.2) is 0 Å². The number of amides is 1. The third-order valence-electron chi connectivity index (χ3n) is 2.87. The summed E-state index contributed by atoms with van der Waals surface area (Å²) in [5.74, 6) is 0.153. The summed E-state index contributed by atoms with van der Waals surface area (Å²) in [6, 6.07) is -0.0761. The Bertz CT molecular complexity index is 217. The van der Waals surface area contributed by atoms with E-state index in [-0.39, 0.29) is 17.4 Å². The summed E-state index contributed by atoms with van der Waals surface area (Å²) in [5, 5.41) is 0. The molecular formula is C11H22N2O2. The summed E-state index contributed by atoms with van der Waals surface area (Å²) in [5.41, 5.74) is 5.97. The molecule has 1 rings (SSSR count). The molecule has 1 amide bonds. The van der Waals surface area contributed by atoms with E-state index in [4.69, 9.17) is 10.5 Å². The number of hydrogen-bond acceptors (Lipinski definition) is 3. The van der Waals surface area contributed by atoms with Crippen molar-refractivity contribution in [2.24, 2.45) is 11.1 Å². The topological polar surface area (TPSA) is 55.6 Å². The van der Waals surface area contributed by atoms with Gasteiger partial charge >= 0.3 is 0 Å². The van der Waals surface area contributed by atoms with Crippen molar-refractivity contribution in [3.63, 3.8) is 0 Å². The number of rotatable bonds is 2. The van der Waals surface area contributed by atoms with Crippen LogP contribution < -0.4 is 5.73 Å². The number of nitrogens with two attached hydrogens (primary N) is 1. The Morgan fingerprint density at radius 2 is 1.93 bits per heavy atom. The van der Waals surface area contributed by atoms with Crippen LogP contribution in [0.1, 0.15) is 27.2 Å². The Morgan fingerprint density at radius 1 is 1.40 bits per heavy atom. The molecule has 15 heavy (non-hydrogen) atoms. The normalized spacial score (nSPS) is 20.1. The summed E-state index contributed by atoms with van der Waals surface area (Å²) in [4.78, 5) is 13.7. The zero-order valence-corrected chi connectivity index (χ0v) is 9.95. The second kappa shape index (κ2) is 4.94. The van der Waals surface area contributed by atoms with Crippen molar-refractivity contribution in [3.05, 3.63) is 0 Å². The van der Waals surface area contributed by atoms with Gasteiger partial charge in [0, 0.05) is 25.6 Å². The van der Waals surface area contributed by atoms with Crippen LogP contribution in [-0.2, 0) is 9.53 Å². The molecule has 2 N–H and O–H groups in total. The van der Waals surface area contributed by atoms with E-state index < -0.39 is 0 Å². The fourth-order valence-corrected chi connectivity index (χ4v) is 1.44. The van der Waals surface area contributed by atoms with Crippen molar-refractivity contribution in [1.82, 2.24) is 4.90 Å². The van der Waals surface area contributed by atoms with Gasteiger partial charge in [0.1, 0.15) is 0 Å². The first-order valence-electron chi connectivity index (χ1n) is 5.52. The maximum absolute atomic E-state index is 11.8. The first kappa shape index (κ1) is 12.5. The average Bonchev–Trinajstić information content (AvgIpc) is 2.17. The van der Waals surface area contributed by atoms with Crippen molar-refractivity contribution in [2.45, 2.75) is 33.2 Å². The molecule has 0 aromatic rings. The molecule has 1 aliphatic heterocycles. The molecule has 0 saturated carbocycles. The van der Waals surface area contributed by atoms with E-state index in [1.54, 1.807) is 0 Å². The van der Waals surface area contributed by atoms with Crippen LogP contribution in [0.15, 0.2) is 0 Å². The highest BCUT2D eigenvalue weighted by Gasteiger charge is 2.26. The Kier molecular flexibility index (Phi) is 4.11. The Labute approximate surface area is 91.8 Å². The summed E-state index contributed by atoms with van der Waals surface area (Å²) in [7, 11) is 0. The molecule has 1 unspecified atom stereocenters. The first-order chi connectivity index (χ1) is 6.91. The van der Waals surface area contributed by atoms with E-state index in [1.165, 1.54) is 0 Å². The van der Waals surface area contributed by atoms with Crippen LogP contribution >= 0.6 is 0 Å². The number of carbonyl (C=O) groups excluding carboxylic acids is 1. The van der Waals surface area contributed by atoms with Gasteiger partial charge in [-0.05, 0) is 5.41 Å². The minimum absolute atomic E-state index is 0.0120. The lowest BCUT2D eigenvalue weighted by Gasteiger charge is -2.31. The SMILES string of the molecule is CC(C)(C)C(N)CC(=O)N1CCOCC1. The summed E-state index contributed by atoms with van der Waals surface area (Å²) < 4.78 is 5.20. The number of carbonyl (C=O) groups is 1. The highest BCUT2D eigenvalue weighted by atomic mass is 16.5. The molecule has 0 radical (unpaired) electrons. The van der Waals surface area contributed by atoms with Crippen molar-refractivity contribution >= 4 is 5.91 Å². The van der Waals surface area contributed by atoms with Gasteiger partial charge in [0.2, 0.25) is 5.91 Å². The van der Waals surface area contributed by atoms with Gasteiger partial charge in [-0.1, -0.05) is 20.8 Å². The van der Waals surface area contributed by atoms with Crippen LogP contribution in [0.4, 0.5) is 0 Å². The Hall–Kier alpha value is -0.610. The van der Waals surface area contributed by atoms with Crippen LogP contribution in [0.25, 0.3) is 0 Å². The van der Waals surface area contributed by atoms with Crippen LogP contribution in [0.5, 0.6) is 0 Å². The molecule has 1 atom stereocenters. The van der Waals surface area contributed by atoms with Crippen molar-refractivity contribution in [1.29, 1.82) is 0 Å². The average molecular weight is 214 g/mol. The van der Waals surface area contributed by atoms with E-state index in [2.05, 4.69) is 20.8 Å². The van der Waals surface area contributed by atoms with Crippen LogP contribution in [-0.4, -0.2) is 43.2 Å². The van der Waals surface area contributed by atoms with Crippen molar-refractivity contribution in [3.8, 4) is 0 Å². The lowest BCUT2D eigenvalue weighted by Crippen LogP contribution is -2.45. The molecule has 0 aromatic heterocycles. The maximum atomic E-state index is 11.8. The minimum atomic E-state index is -0.0761. The lowest BCUT2D eigenvalue weighted by atomic mass is 9.85. The molecule has 4 nitrogen and oxygen atoms in total. The maximum Gasteiger partial charge on any atom is 0.224 e. The van der Waals surface area contributed by atoms with Gasteiger partial charge in [-0.3, -0.25) is 4.79 Å². The molecule has 1 fully saturated rings. The van der Waals surface area contributed by atoms with Crippen LogP contribution in [0.3, 0.4) is 0 Å². The monoisotopic (exact) mass is 214 g/mol. The zero-order chi connectivity index (χ0) is 11.5. The quantitative estimate of drug-likeness (QED) is 0.732. The van der Waals surface area contributed by atoms with Crippen molar-refractivity contribution < 1.29 is 9.53 Å². The van der Waals surface area contributed by atoms with Gasteiger partial charge < -0.3 is 15.4 Å². The molecule has 0 bridgehead atoms. The summed E-state index contributed by atoms with van der Waals surface area (Å²) in [6.07, 6.45) is 0.434. The third-order valence-corrected chi connectivity index (χ3v) is 2.87. The molecule has 1 saturated heterocycles. The smallest absolute Gasteiger partial charge is 0.224 e. The zero-order valence-electron chi connectivity index (χ0n) is 9.95. The molecule has 4 heteroatoms. The van der Waals surface area contributed by atoms with E-state index in [0.29, 0.717) is 32.7 Å². The standard InChI is InChI=1S/C11H22N2O2/c1-11(2,3)9(12)8-10(14)13-4-6-15-7-5-13/h9H,4-8,12H2,1-3H3. The molecule has 0 aliphatic carbocycles.